The fourth-order valence-corrected chi connectivity index (χ4v) is 1.18. The van der Waals surface area contributed by atoms with E-state index < -0.39 is 0 Å². The average molecular weight is 129 g/mol. The molecule has 0 saturated carbocycles. The molecular weight excluding hydrogens is 114 g/mol. The second-order valence-corrected chi connectivity index (χ2v) is 2.53. The van der Waals surface area contributed by atoms with E-state index in [4.69, 9.17) is 4.74 Å². The fourth-order valence-electron chi connectivity index (χ4n) is 1.18. The molecule has 1 fully saturated rings. The highest BCUT2D eigenvalue weighted by atomic mass is 16.5. The van der Waals surface area contributed by atoms with E-state index in [1.54, 1.807) is 0 Å². The van der Waals surface area contributed by atoms with Gasteiger partial charge in [-0.15, -0.1) is 0 Å². The van der Waals surface area contributed by atoms with E-state index in [1.165, 1.54) is 19.3 Å². The predicted molar refractivity (Wildman–Crippen MR) is 37.5 cm³/mol. The van der Waals surface area contributed by atoms with Gasteiger partial charge in [0.15, 0.2) is 0 Å². The molecule has 0 aromatic heterocycles. The molecule has 1 heterocycles. The first kappa shape index (κ1) is 7.03. The molecule has 1 N–H and O–H groups in total. The first-order chi connectivity index (χ1) is 4.43. The zero-order chi connectivity index (χ0) is 6.53. The molecule has 0 aromatic carbocycles. The van der Waals surface area contributed by atoms with Crippen molar-refractivity contribution < 1.29 is 4.74 Å². The number of nitrogens with one attached hydrogen (secondary N) is 1. The van der Waals surface area contributed by atoms with Gasteiger partial charge < -0.3 is 10.1 Å². The first-order valence-electron chi connectivity index (χ1n) is 3.69. The van der Waals surface area contributed by atoms with Crippen molar-refractivity contribution in [1.82, 2.24) is 5.32 Å². The SMILES string of the molecule is CNCC[C@@H]1CCCO1. The summed E-state index contributed by atoms with van der Waals surface area (Å²) in [6.45, 7) is 2.07. The summed E-state index contributed by atoms with van der Waals surface area (Å²) in [5.74, 6) is 0. The van der Waals surface area contributed by atoms with Crippen LogP contribution in [0.2, 0.25) is 0 Å². The van der Waals surface area contributed by atoms with Crippen LogP contribution >= 0.6 is 0 Å². The van der Waals surface area contributed by atoms with Crippen molar-refractivity contribution in [2.24, 2.45) is 0 Å². The summed E-state index contributed by atoms with van der Waals surface area (Å²) in [4.78, 5) is 0. The van der Waals surface area contributed by atoms with E-state index in [2.05, 4.69) is 5.32 Å². The highest BCUT2D eigenvalue weighted by molar-refractivity contribution is 4.64. The van der Waals surface area contributed by atoms with E-state index in [0.29, 0.717) is 6.10 Å². The Morgan fingerprint density at radius 3 is 3.11 bits per heavy atom. The van der Waals surface area contributed by atoms with Gasteiger partial charge in [0.05, 0.1) is 6.10 Å². The molecule has 1 aliphatic heterocycles. The number of ether oxygens (including phenoxy) is 1. The lowest BCUT2D eigenvalue weighted by molar-refractivity contribution is 0.105. The average Bonchev–Trinajstić information content (AvgIpc) is 2.34. The number of rotatable bonds is 3. The smallest absolute Gasteiger partial charge is 0.0588 e. The Bertz CT molecular complexity index is 69.3. The van der Waals surface area contributed by atoms with Crippen molar-refractivity contribution in [1.29, 1.82) is 0 Å². The highest BCUT2D eigenvalue weighted by Crippen LogP contribution is 2.13. The Labute approximate surface area is 56.6 Å². The van der Waals surface area contributed by atoms with E-state index in [-0.39, 0.29) is 0 Å². The summed E-state index contributed by atoms with van der Waals surface area (Å²) in [7, 11) is 1.98. The van der Waals surface area contributed by atoms with Crippen LogP contribution in [0, 0.1) is 0 Å². The number of hydrogen-bond donors (Lipinski definition) is 1. The molecule has 54 valence electrons. The fraction of sp³-hybridized carbons (Fsp3) is 1.00. The van der Waals surface area contributed by atoms with Gasteiger partial charge in [0.1, 0.15) is 0 Å². The van der Waals surface area contributed by atoms with Crippen LogP contribution in [-0.2, 0) is 4.74 Å². The minimum absolute atomic E-state index is 0.553. The molecule has 0 unspecified atom stereocenters. The third-order valence-corrected chi connectivity index (χ3v) is 1.74. The van der Waals surface area contributed by atoms with Crippen LogP contribution in [0.5, 0.6) is 0 Å². The van der Waals surface area contributed by atoms with E-state index >= 15 is 0 Å². The Morgan fingerprint density at radius 2 is 2.56 bits per heavy atom. The summed E-state index contributed by atoms with van der Waals surface area (Å²) in [6, 6.07) is 0. The van der Waals surface area contributed by atoms with E-state index in [9.17, 15) is 0 Å². The first-order valence-corrected chi connectivity index (χ1v) is 3.69. The lowest BCUT2D eigenvalue weighted by Crippen LogP contribution is -2.15. The largest absolute Gasteiger partial charge is 0.378 e. The molecule has 0 amide bonds. The normalized spacial score (nSPS) is 27.0. The quantitative estimate of drug-likeness (QED) is 0.608. The summed E-state index contributed by atoms with van der Waals surface area (Å²) in [6.07, 6.45) is 4.25. The van der Waals surface area contributed by atoms with Crippen molar-refractivity contribution >= 4 is 0 Å². The van der Waals surface area contributed by atoms with Crippen molar-refractivity contribution in [3.8, 4) is 0 Å². The molecule has 9 heavy (non-hydrogen) atoms. The van der Waals surface area contributed by atoms with Crippen LogP contribution in [0.4, 0.5) is 0 Å². The van der Waals surface area contributed by atoms with Crippen LogP contribution in [-0.4, -0.2) is 26.3 Å². The zero-order valence-electron chi connectivity index (χ0n) is 6.02. The van der Waals surface area contributed by atoms with E-state index in [1.807, 2.05) is 7.05 Å². The van der Waals surface area contributed by atoms with Crippen LogP contribution in [0.3, 0.4) is 0 Å². The third kappa shape index (κ3) is 2.33. The second kappa shape index (κ2) is 3.85. The van der Waals surface area contributed by atoms with Gasteiger partial charge in [-0.05, 0) is 32.9 Å². The van der Waals surface area contributed by atoms with Gasteiger partial charge in [-0.25, -0.2) is 0 Å². The minimum Gasteiger partial charge on any atom is -0.378 e. The summed E-state index contributed by atoms with van der Waals surface area (Å²) in [5.41, 5.74) is 0. The van der Waals surface area contributed by atoms with Crippen LogP contribution in [0.25, 0.3) is 0 Å². The molecule has 2 heteroatoms. The molecule has 1 rings (SSSR count). The standard InChI is InChI=1S/C7H15NO/c1-8-5-4-7-3-2-6-9-7/h7-8H,2-6H2,1H3/t7-/m0/s1. The van der Waals surface area contributed by atoms with Crippen LogP contribution < -0.4 is 5.32 Å². The molecule has 0 aliphatic carbocycles. The lowest BCUT2D eigenvalue weighted by Gasteiger charge is -2.06. The topological polar surface area (TPSA) is 21.3 Å². The van der Waals surface area contributed by atoms with Gasteiger partial charge in [0, 0.05) is 6.61 Å². The molecule has 1 atom stereocenters. The molecule has 2 nitrogen and oxygen atoms in total. The van der Waals surface area contributed by atoms with Crippen LogP contribution in [0.1, 0.15) is 19.3 Å². The van der Waals surface area contributed by atoms with Gasteiger partial charge in [-0.1, -0.05) is 0 Å². The van der Waals surface area contributed by atoms with Crippen molar-refractivity contribution in [3.63, 3.8) is 0 Å². The van der Waals surface area contributed by atoms with Gasteiger partial charge in [-0.2, -0.15) is 0 Å². The monoisotopic (exact) mass is 129 g/mol. The molecule has 1 aliphatic rings. The third-order valence-electron chi connectivity index (χ3n) is 1.74. The van der Waals surface area contributed by atoms with Crippen molar-refractivity contribution in [2.75, 3.05) is 20.2 Å². The predicted octanol–water partition coefficient (Wildman–Crippen LogP) is 0.775. The molecule has 0 spiro atoms. The summed E-state index contributed by atoms with van der Waals surface area (Å²) in [5, 5.41) is 3.11. The van der Waals surface area contributed by atoms with Crippen molar-refractivity contribution in [2.45, 2.75) is 25.4 Å². The molecule has 0 bridgehead atoms. The maximum absolute atomic E-state index is 5.42. The second-order valence-electron chi connectivity index (χ2n) is 2.53. The van der Waals surface area contributed by atoms with Gasteiger partial charge in [0.2, 0.25) is 0 Å². The Hall–Kier alpha value is -0.0800. The van der Waals surface area contributed by atoms with Gasteiger partial charge in [-0.3, -0.25) is 0 Å². The molecule has 1 saturated heterocycles. The minimum atomic E-state index is 0.553. The Morgan fingerprint density at radius 1 is 1.67 bits per heavy atom. The zero-order valence-corrected chi connectivity index (χ0v) is 6.02. The molecule has 0 radical (unpaired) electrons. The lowest BCUT2D eigenvalue weighted by atomic mass is 10.2. The van der Waals surface area contributed by atoms with E-state index in [0.717, 1.165) is 13.2 Å². The number of hydrogen-bond acceptors (Lipinski definition) is 2. The Balaban J connectivity index is 1.98. The maximum atomic E-state index is 5.42. The summed E-state index contributed by atoms with van der Waals surface area (Å²) < 4.78 is 5.42. The van der Waals surface area contributed by atoms with Crippen molar-refractivity contribution in [3.05, 3.63) is 0 Å². The van der Waals surface area contributed by atoms with Crippen LogP contribution in [0.15, 0.2) is 0 Å². The highest BCUT2D eigenvalue weighted by Gasteiger charge is 2.13. The maximum Gasteiger partial charge on any atom is 0.0588 e. The van der Waals surface area contributed by atoms with Gasteiger partial charge in [0.25, 0.3) is 0 Å². The summed E-state index contributed by atoms with van der Waals surface area (Å²) >= 11 is 0. The molecular formula is C7H15NO. The molecule has 0 aromatic rings. The van der Waals surface area contributed by atoms with Gasteiger partial charge >= 0.3 is 0 Å². The Kier molecular flexibility index (Phi) is 3.01.